The first-order chi connectivity index (χ1) is 8.00. The monoisotopic (exact) mass is 267 g/mol. The molecule has 0 saturated heterocycles. The number of aliphatic hydroxyl groups excluding tert-OH is 1. The number of alkyl carbamates (subject to hydrolysis) is 1. The molecule has 0 bridgehead atoms. The van der Waals surface area contributed by atoms with Crippen molar-refractivity contribution < 1.29 is 28.5 Å². The number of nitrogens with one attached hydrogen (secondary N) is 1. The predicted molar refractivity (Wildman–Crippen MR) is 59.1 cm³/mol. The standard InChI is InChI=1S/C11H19F2NO4/c1-10(2,3)18-9(17)14-7(8(15)16)6-4-11(12,13)5-6/h6-8,15-16H,4-5H2,1-3H3,(H,14,17)/t7-/m0/s1. The number of rotatable bonds is 3. The molecular formula is C11H19F2NO4. The summed E-state index contributed by atoms with van der Waals surface area (Å²) in [5.41, 5.74) is -0.738. The van der Waals surface area contributed by atoms with Crippen LogP contribution >= 0.6 is 0 Å². The van der Waals surface area contributed by atoms with Gasteiger partial charge in [0.05, 0.1) is 6.04 Å². The number of carbonyl (C=O) groups excluding carboxylic acids is 1. The van der Waals surface area contributed by atoms with Crippen molar-refractivity contribution in [3.05, 3.63) is 0 Å². The molecular weight excluding hydrogens is 248 g/mol. The second-order valence-corrected chi connectivity index (χ2v) is 5.61. The van der Waals surface area contributed by atoms with Gasteiger partial charge in [-0.05, 0) is 26.7 Å². The molecule has 1 saturated carbocycles. The minimum absolute atomic E-state index is 0.467. The molecule has 0 spiro atoms. The summed E-state index contributed by atoms with van der Waals surface area (Å²) in [6.45, 7) is 4.94. The van der Waals surface area contributed by atoms with Crippen molar-refractivity contribution in [1.82, 2.24) is 5.32 Å². The summed E-state index contributed by atoms with van der Waals surface area (Å²) in [5, 5.41) is 20.4. The number of amides is 1. The zero-order chi connectivity index (χ0) is 14.1. The van der Waals surface area contributed by atoms with Crippen molar-refractivity contribution in [3.8, 4) is 0 Å². The number of aliphatic hydroxyl groups is 2. The molecule has 0 radical (unpaired) electrons. The maximum atomic E-state index is 12.7. The Labute approximate surface area is 104 Å². The molecule has 0 unspecified atom stereocenters. The van der Waals surface area contributed by atoms with Crippen LogP contribution in [0.15, 0.2) is 0 Å². The molecule has 1 rings (SSSR count). The van der Waals surface area contributed by atoms with Gasteiger partial charge in [0.2, 0.25) is 5.92 Å². The Kier molecular flexibility index (Phi) is 4.17. The molecule has 1 fully saturated rings. The Bertz CT molecular complexity index is 307. The fourth-order valence-electron chi connectivity index (χ4n) is 1.84. The molecule has 0 aromatic carbocycles. The third-order valence-electron chi connectivity index (χ3n) is 2.63. The Hall–Kier alpha value is -0.950. The molecule has 0 heterocycles. The zero-order valence-corrected chi connectivity index (χ0v) is 10.6. The fraction of sp³-hybridized carbons (Fsp3) is 0.909. The van der Waals surface area contributed by atoms with Gasteiger partial charge in [-0.2, -0.15) is 0 Å². The van der Waals surface area contributed by atoms with E-state index in [-0.39, 0.29) is 0 Å². The molecule has 5 nitrogen and oxygen atoms in total. The lowest BCUT2D eigenvalue weighted by Gasteiger charge is -2.40. The second kappa shape index (κ2) is 4.97. The van der Waals surface area contributed by atoms with Gasteiger partial charge in [0.1, 0.15) is 5.60 Å². The topological polar surface area (TPSA) is 78.8 Å². The van der Waals surface area contributed by atoms with Crippen LogP contribution in [0, 0.1) is 5.92 Å². The average Bonchev–Trinajstić information content (AvgIpc) is 2.06. The highest BCUT2D eigenvalue weighted by atomic mass is 19.3. The smallest absolute Gasteiger partial charge is 0.408 e. The van der Waals surface area contributed by atoms with E-state index in [0.717, 1.165) is 0 Å². The van der Waals surface area contributed by atoms with Gasteiger partial charge in [-0.15, -0.1) is 0 Å². The first-order valence-corrected chi connectivity index (χ1v) is 5.74. The molecule has 1 atom stereocenters. The van der Waals surface area contributed by atoms with Crippen LogP contribution in [0.1, 0.15) is 33.6 Å². The van der Waals surface area contributed by atoms with Crippen LogP contribution in [-0.4, -0.2) is 40.2 Å². The lowest BCUT2D eigenvalue weighted by molar-refractivity contribution is -0.156. The minimum Gasteiger partial charge on any atom is -0.444 e. The van der Waals surface area contributed by atoms with Gasteiger partial charge in [-0.3, -0.25) is 0 Å². The molecule has 7 heteroatoms. The van der Waals surface area contributed by atoms with Crippen LogP contribution in [0.25, 0.3) is 0 Å². The van der Waals surface area contributed by atoms with E-state index in [0.29, 0.717) is 0 Å². The van der Waals surface area contributed by atoms with Gasteiger partial charge in [-0.25, -0.2) is 13.6 Å². The van der Waals surface area contributed by atoms with Crippen molar-refractivity contribution in [1.29, 1.82) is 0 Å². The van der Waals surface area contributed by atoms with E-state index in [1.54, 1.807) is 20.8 Å². The Balaban J connectivity index is 2.52. The quantitative estimate of drug-likeness (QED) is 0.672. The summed E-state index contributed by atoms with van der Waals surface area (Å²) in [4.78, 5) is 11.4. The number of hydrogen-bond donors (Lipinski definition) is 3. The van der Waals surface area contributed by atoms with E-state index in [1.807, 2.05) is 0 Å². The third-order valence-corrected chi connectivity index (χ3v) is 2.63. The van der Waals surface area contributed by atoms with Gasteiger partial charge in [0.15, 0.2) is 6.29 Å². The van der Waals surface area contributed by atoms with Gasteiger partial charge in [-0.1, -0.05) is 0 Å². The zero-order valence-electron chi connectivity index (χ0n) is 10.6. The highest BCUT2D eigenvalue weighted by Gasteiger charge is 2.50. The van der Waals surface area contributed by atoms with E-state index >= 15 is 0 Å². The largest absolute Gasteiger partial charge is 0.444 e. The van der Waals surface area contributed by atoms with Crippen molar-refractivity contribution in [2.75, 3.05) is 0 Å². The van der Waals surface area contributed by atoms with Gasteiger partial charge in [0.25, 0.3) is 0 Å². The minimum atomic E-state index is -2.78. The van der Waals surface area contributed by atoms with Crippen molar-refractivity contribution in [2.45, 2.75) is 57.5 Å². The van der Waals surface area contributed by atoms with E-state index in [9.17, 15) is 13.6 Å². The summed E-state index contributed by atoms with van der Waals surface area (Å²) < 4.78 is 30.4. The summed E-state index contributed by atoms with van der Waals surface area (Å²) in [7, 11) is 0. The van der Waals surface area contributed by atoms with Crippen molar-refractivity contribution >= 4 is 6.09 Å². The second-order valence-electron chi connectivity index (χ2n) is 5.61. The molecule has 1 aliphatic carbocycles. The normalized spacial score (nSPS) is 21.3. The van der Waals surface area contributed by atoms with E-state index in [1.165, 1.54) is 0 Å². The molecule has 1 amide bonds. The molecule has 18 heavy (non-hydrogen) atoms. The lowest BCUT2D eigenvalue weighted by Crippen LogP contribution is -2.55. The maximum Gasteiger partial charge on any atom is 0.408 e. The first-order valence-electron chi connectivity index (χ1n) is 5.74. The van der Waals surface area contributed by atoms with Crippen molar-refractivity contribution in [3.63, 3.8) is 0 Å². The van der Waals surface area contributed by atoms with E-state index in [2.05, 4.69) is 5.32 Å². The maximum absolute atomic E-state index is 12.7. The van der Waals surface area contributed by atoms with Crippen LogP contribution in [0.3, 0.4) is 0 Å². The number of ether oxygens (including phenoxy) is 1. The summed E-state index contributed by atoms with van der Waals surface area (Å²) >= 11 is 0. The van der Waals surface area contributed by atoms with Crippen LogP contribution in [0.4, 0.5) is 13.6 Å². The number of hydrogen-bond acceptors (Lipinski definition) is 4. The molecule has 0 aromatic rings. The van der Waals surface area contributed by atoms with E-state index < -0.39 is 48.7 Å². The van der Waals surface area contributed by atoms with Gasteiger partial charge >= 0.3 is 6.09 Å². The Morgan fingerprint density at radius 3 is 2.22 bits per heavy atom. The van der Waals surface area contributed by atoms with Crippen molar-refractivity contribution in [2.24, 2.45) is 5.92 Å². The molecule has 106 valence electrons. The fourth-order valence-corrected chi connectivity index (χ4v) is 1.84. The van der Waals surface area contributed by atoms with Gasteiger partial charge in [0, 0.05) is 12.8 Å². The number of alkyl halides is 2. The third kappa shape index (κ3) is 4.38. The summed E-state index contributed by atoms with van der Waals surface area (Å²) in [6.07, 6.45) is -3.68. The summed E-state index contributed by atoms with van der Waals surface area (Å²) in [5.74, 6) is -3.44. The van der Waals surface area contributed by atoms with E-state index in [4.69, 9.17) is 14.9 Å². The van der Waals surface area contributed by atoms with Crippen LogP contribution in [0.5, 0.6) is 0 Å². The van der Waals surface area contributed by atoms with Crippen LogP contribution in [-0.2, 0) is 4.74 Å². The SMILES string of the molecule is CC(C)(C)OC(=O)N[C@H](C(O)O)C1CC(F)(F)C1. The van der Waals surface area contributed by atoms with Crippen LogP contribution in [0.2, 0.25) is 0 Å². The number of carbonyl (C=O) groups is 1. The molecule has 0 aliphatic heterocycles. The average molecular weight is 267 g/mol. The lowest BCUT2D eigenvalue weighted by atomic mass is 9.76. The highest BCUT2D eigenvalue weighted by molar-refractivity contribution is 5.68. The Morgan fingerprint density at radius 1 is 1.39 bits per heavy atom. The number of halogens is 2. The first kappa shape index (κ1) is 15.1. The van der Waals surface area contributed by atoms with Crippen LogP contribution < -0.4 is 5.32 Å². The van der Waals surface area contributed by atoms with Gasteiger partial charge < -0.3 is 20.3 Å². The predicted octanol–water partition coefficient (Wildman–Crippen LogP) is 1.24. The summed E-state index contributed by atoms with van der Waals surface area (Å²) in [6, 6.07) is -1.14. The molecule has 3 N–H and O–H groups in total. The highest BCUT2D eigenvalue weighted by Crippen LogP contribution is 2.44. The Morgan fingerprint density at radius 2 is 1.89 bits per heavy atom. The molecule has 1 aliphatic rings. The molecule has 0 aromatic heterocycles.